The van der Waals surface area contributed by atoms with Gasteiger partial charge < -0.3 is 4.57 Å². The van der Waals surface area contributed by atoms with Crippen LogP contribution in [-0.2, 0) is 16.6 Å². The van der Waals surface area contributed by atoms with Gasteiger partial charge in [0, 0.05) is 22.7 Å². The maximum Gasteiger partial charge on any atom is 0.254 e. The van der Waals surface area contributed by atoms with E-state index < -0.39 is 5.24 Å². The lowest BCUT2D eigenvalue weighted by Gasteiger charge is -2.28. The summed E-state index contributed by atoms with van der Waals surface area (Å²) in [6.45, 7) is 10.3. The van der Waals surface area contributed by atoms with Gasteiger partial charge in [0.15, 0.2) is 0 Å². The highest BCUT2D eigenvalue weighted by molar-refractivity contribution is 6.63. The van der Waals surface area contributed by atoms with Crippen LogP contribution in [-0.4, -0.2) is 9.81 Å². The molecule has 1 aromatic rings. The molecular weight excluding hydrogens is 262 g/mol. The van der Waals surface area contributed by atoms with Crippen LogP contribution in [0.3, 0.4) is 0 Å². The van der Waals surface area contributed by atoms with Crippen LogP contribution in [0.2, 0.25) is 0 Å². The zero-order valence-electron chi connectivity index (χ0n) is 12.3. The largest absolute Gasteiger partial charge is 0.309 e. The van der Waals surface area contributed by atoms with Crippen molar-refractivity contribution < 1.29 is 4.79 Å². The summed E-state index contributed by atoms with van der Waals surface area (Å²) in [4.78, 5) is 23.5. The third-order valence-corrected chi connectivity index (χ3v) is 3.46. The molecule has 0 saturated carbocycles. The molecule has 0 aliphatic heterocycles. The van der Waals surface area contributed by atoms with Crippen LogP contribution >= 0.6 is 11.6 Å². The topological polar surface area (TPSA) is 39.1 Å². The van der Waals surface area contributed by atoms with E-state index in [4.69, 9.17) is 11.6 Å². The minimum atomic E-state index is -0.503. The highest BCUT2D eigenvalue weighted by Crippen LogP contribution is 2.24. The molecule has 0 bridgehead atoms. The Balaban J connectivity index is 3.50. The van der Waals surface area contributed by atoms with Gasteiger partial charge in [-0.25, -0.2) is 0 Å². The van der Waals surface area contributed by atoms with Crippen molar-refractivity contribution in [1.82, 2.24) is 4.57 Å². The second-order valence-electron chi connectivity index (χ2n) is 5.96. The van der Waals surface area contributed by atoms with Crippen molar-refractivity contribution in [2.24, 2.45) is 0 Å². The van der Waals surface area contributed by atoms with E-state index in [0.717, 1.165) is 12.1 Å². The van der Waals surface area contributed by atoms with Crippen molar-refractivity contribution in [2.75, 3.05) is 0 Å². The zero-order chi connectivity index (χ0) is 14.8. The molecule has 1 atom stereocenters. The van der Waals surface area contributed by atoms with E-state index in [0.29, 0.717) is 5.56 Å². The van der Waals surface area contributed by atoms with Gasteiger partial charge in [0.1, 0.15) is 0 Å². The lowest BCUT2D eigenvalue weighted by atomic mass is 9.90. The fraction of sp³-hybridized carbons (Fsp3) is 0.600. The zero-order valence-corrected chi connectivity index (χ0v) is 13.0. The molecule has 0 aromatic carbocycles. The van der Waals surface area contributed by atoms with Crippen LogP contribution < -0.4 is 5.56 Å². The van der Waals surface area contributed by atoms with Gasteiger partial charge in [-0.3, -0.25) is 9.59 Å². The molecule has 1 unspecified atom stereocenters. The van der Waals surface area contributed by atoms with Crippen molar-refractivity contribution in [3.8, 4) is 0 Å². The SMILES string of the molecule is CCC(C)n1c(C(C)(C)C)ccc(CC(=O)Cl)c1=O. The Bertz CT molecular complexity index is 526. The van der Waals surface area contributed by atoms with Crippen molar-refractivity contribution in [3.63, 3.8) is 0 Å². The third-order valence-electron chi connectivity index (χ3n) is 3.32. The summed E-state index contributed by atoms with van der Waals surface area (Å²) in [5.41, 5.74) is 1.23. The molecule has 1 aromatic heterocycles. The Labute approximate surface area is 119 Å². The molecule has 0 radical (unpaired) electrons. The lowest BCUT2D eigenvalue weighted by molar-refractivity contribution is -0.111. The fourth-order valence-electron chi connectivity index (χ4n) is 2.11. The Morgan fingerprint density at radius 2 is 1.95 bits per heavy atom. The monoisotopic (exact) mass is 283 g/mol. The van der Waals surface area contributed by atoms with Gasteiger partial charge in [-0.1, -0.05) is 33.8 Å². The first-order chi connectivity index (χ1) is 8.68. The van der Waals surface area contributed by atoms with E-state index in [2.05, 4.69) is 20.8 Å². The van der Waals surface area contributed by atoms with Crippen molar-refractivity contribution in [1.29, 1.82) is 0 Å². The van der Waals surface area contributed by atoms with Crippen LogP contribution in [0.5, 0.6) is 0 Å². The first-order valence-corrected chi connectivity index (χ1v) is 6.99. The number of halogens is 1. The van der Waals surface area contributed by atoms with E-state index >= 15 is 0 Å². The van der Waals surface area contributed by atoms with Crippen LogP contribution in [0.4, 0.5) is 0 Å². The molecule has 1 heterocycles. The first-order valence-electron chi connectivity index (χ1n) is 6.61. The van der Waals surface area contributed by atoms with Gasteiger partial charge in [0.2, 0.25) is 5.24 Å². The Morgan fingerprint density at radius 1 is 1.37 bits per heavy atom. The van der Waals surface area contributed by atoms with Crippen LogP contribution in [0.1, 0.15) is 58.3 Å². The second kappa shape index (κ2) is 5.91. The summed E-state index contributed by atoms with van der Waals surface area (Å²) in [5.74, 6) is 0. The van der Waals surface area contributed by atoms with E-state index in [-0.39, 0.29) is 23.4 Å². The quantitative estimate of drug-likeness (QED) is 0.794. The van der Waals surface area contributed by atoms with Gasteiger partial charge in [0.05, 0.1) is 6.42 Å². The predicted octanol–water partition coefficient (Wildman–Crippen LogP) is 3.42. The van der Waals surface area contributed by atoms with Crippen LogP contribution in [0, 0.1) is 0 Å². The lowest BCUT2D eigenvalue weighted by Crippen LogP contribution is -2.33. The molecule has 0 amide bonds. The van der Waals surface area contributed by atoms with Crippen LogP contribution in [0.25, 0.3) is 0 Å². The number of aromatic nitrogens is 1. The molecule has 0 aliphatic carbocycles. The maximum absolute atomic E-state index is 12.5. The fourth-order valence-corrected chi connectivity index (χ4v) is 2.25. The summed E-state index contributed by atoms with van der Waals surface area (Å²) < 4.78 is 1.80. The molecule has 4 heteroatoms. The summed E-state index contributed by atoms with van der Waals surface area (Å²) in [6, 6.07) is 3.76. The maximum atomic E-state index is 12.5. The highest BCUT2D eigenvalue weighted by Gasteiger charge is 2.22. The molecule has 0 spiro atoms. The number of hydrogen-bond donors (Lipinski definition) is 0. The molecule has 19 heavy (non-hydrogen) atoms. The Kier molecular flexibility index (Phi) is 4.97. The third kappa shape index (κ3) is 3.69. The predicted molar refractivity (Wildman–Crippen MR) is 79.0 cm³/mol. The van der Waals surface area contributed by atoms with E-state index in [1.54, 1.807) is 10.6 Å². The molecule has 1 rings (SSSR count). The minimum Gasteiger partial charge on any atom is -0.309 e. The van der Waals surface area contributed by atoms with E-state index in [1.807, 2.05) is 19.9 Å². The number of hydrogen-bond acceptors (Lipinski definition) is 2. The number of nitrogens with zero attached hydrogens (tertiary/aromatic N) is 1. The van der Waals surface area contributed by atoms with Crippen molar-refractivity contribution in [3.05, 3.63) is 33.7 Å². The van der Waals surface area contributed by atoms with Crippen molar-refractivity contribution in [2.45, 2.75) is 58.9 Å². The highest BCUT2D eigenvalue weighted by atomic mass is 35.5. The summed E-state index contributed by atoms with van der Waals surface area (Å²) in [5, 5.41) is -0.503. The Hall–Kier alpha value is -1.09. The number of carbonyl (C=O) groups is 1. The average molecular weight is 284 g/mol. The summed E-state index contributed by atoms with van der Waals surface area (Å²) >= 11 is 5.39. The average Bonchev–Trinajstić information content (AvgIpc) is 2.28. The summed E-state index contributed by atoms with van der Waals surface area (Å²) in [7, 11) is 0. The molecule has 0 fully saturated rings. The van der Waals surface area contributed by atoms with E-state index in [1.165, 1.54) is 0 Å². The van der Waals surface area contributed by atoms with Gasteiger partial charge in [-0.15, -0.1) is 0 Å². The smallest absolute Gasteiger partial charge is 0.254 e. The Morgan fingerprint density at radius 3 is 2.37 bits per heavy atom. The molecule has 0 aliphatic rings. The minimum absolute atomic E-state index is 0.0127. The van der Waals surface area contributed by atoms with Gasteiger partial charge in [-0.05, 0) is 31.0 Å². The molecule has 0 saturated heterocycles. The molecule has 106 valence electrons. The molecule has 3 nitrogen and oxygen atoms in total. The second-order valence-corrected chi connectivity index (χ2v) is 6.38. The number of carbonyl (C=O) groups excluding carboxylic acids is 1. The normalized spacial score (nSPS) is 13.4. The van der Waals surface area contributed by atoms with Gasteiger partial charge in [0.25, 0.3) is 5.56 Å². The standard InChI is InChI=1S/C15H22ClNO2/c1-6-10(2)17-12(15(3,4)5)8-7-11(14(17)19)9-13(16)18/h7-8,10H,6,9H2,1-5H3. The number of rotatable bonds is 4. The molecule has 0 N–H and O–H groups in total. The van der Waals surface area contributed by atoms with E-state index in [9.17, 15) is 9.59 Å². The molecular formula is C15H22ClNO2. The van der Waals surface area contributed by atoms with Crippen LogP contribution in [0.15, 0.2) is 16.9 Å². The van der Waals surface area contributed by atoms with Gasteiger partial charge >= 0.3 is 0 Å². The first kappa shape index (κ1) is 16.0. The summed E-state index contributed by atoms with van der Waals surface area (Å²) in [6.07, 6.45) is 0.850. The van der Waals surface area contributed by atoms with Gasteiger partial charge in [-0.2, -0.15) is 0 Å². The number of pyridine rings is 1. The van der Waals surface area contributed by atoms with Crippen molar-refractivity contribution >= 4 is 16.8 Å².